The SMILES string of the molecule is N#Cc1cn(C2CCCC(O)C2)nn1. The molecule has 0 saturated heterocycles. The highest BCUT2D eigenvalue weighted by atomic mass is 16.3. The molecule has 5 heteroatoms. The van der Waals surface area contributed by atoms with Crippen LogP contribution in [0.25, 0.3) is 0 Å². The molecule has 1 N–H and O–H groups in total. The maximum Gasteiger partial charge on any atom is 0.182 e. The van der Waals surface area contributed by atoms with Crippen LogP contribution >= 0.6 is 0 Å². The lowest BCUT2D eigenvalue weighted by Crippen LogP contribution is -2.22. The maximum atomic E-state index is 9.48. The van der Waals surface area contributed by atoms with Gasteiger partial charge in [0.05, 0.1) is 18.3 Å². The molecule has 0 spiro atoms. The number of hydrogen-bond acceptors (Lipinski definition) is 4. The third-order valence-corrected chi connectivity index (χ3v) is 2.62. The molecule has 0 radical (unpaired) electrons. The Kier molecular flexibility index (Phi) is 2.46. The lowest BCUT2D eigenvalue weighted by Gasteiger charge is -2.25. The van der Waals surface area contributed by atoms with Crippen LogP contribution in [0.5, 0.6) is 0 Å². The van der Waals surface area contributed by atoms with Gasteiger partial charge in [-0.15, -0.1) is 5.10 Å². The Balaban J connectivity index is 2.10. The fourth-order valence-electron chi connectivity index (χ4n) is 1.89. The lowest BCUT2D eigenvalue weighted by molar-refractivity contribution is 0.0995. The van der Waals surface area contributed by atoms with Crippen molar-refractivity contribution in [2.75, 3.05) is 0 Å². The topological polar surface area (TPSA) is 74.7 Å². The predicted octanol–water partition coefficient (Wildman–Crippen LogP) is 0.626. The molecule has 0 aliphatic heterocycles. The second-order valence-corrected chi connectivity index (χ2v) is 3.67. The molecule has 2 unspecified atom stereocenters. The van der Waals surface area contributed by atoms with Crippen LogP contribution in [0.3, 0.4) is 0 Å². The van der Waals surface area contributed by atoms with Gasteiger partial charge in [0.25, 0.3) is 0 Å². The summed E-state index contributed by atoms with van der Waals surface area (Å²) < 4.78 is 1.70. The summed E-state index contributed by atoms with van der Waals surface area (Å²) in [5.74, 6) is 0. The zero-order chi connectivity index (χ0) is 9.97. The molecule has 1 aliphatic rings. The molecule has 0 aromatic carbocycles. The summed E-state index contributed by atoms with van der Waals surface area (Å²) in [5, 5.41) is 25.6. The van der Waals surface area contributed by atoms with Crippen LogP contribution in [-0.2, 0) is 0 Å². The standard InChI is InChI=1S/C9H12N4O/c10-5-7-6-13(12-11-7)8-2-1-3-9(14)4-8/h6,8-9,14H,1-4H2. The van der Waals surface area contributed by atoms with E-state index in [1.54, 1.807) is 10.9 Å². The Morgan fingerprint density at radius 1 is 1.57 bits per heavy atom. The maximum absolute atomic E-state index is 9.48. The third-order valence-electron chi connectivity index (χ3n) is 2.62. The minimum absolute atomic E-state index is 0.202. The van der Waals surface area contributed by atoms with Gasteiger partial charge in [0.1, 0.15) is 6.07 Å². The van der Waals surface area contributed by atoms with E-state index in [2.05, 4.69) is 10.3 Å². The molecule has 2 rings (SSSR count). The Bertz CT molecular complexity index is 354. The summed E-state index contributed by atoms with van der Waals surface area (Å²) in [7, 11) is 0. The summed E-state index contributed by atoms with van der Waals surface area (Å²) in [5.41, 5.74) is 0.338. The average Bonchev–Trinajstić information content (AvgIpc) is 2.66. The Morgan fingerprint density at radius 3 is 3.07 bits per heavy atom. The molecule has 14 heavy (non-hydrogen) atoms. The molecule has 1 saturated carbocycles. The minimum atomic E-state index is -0.233. The van der Waals surface area contributed by atoms with E-state index >= 15 is 0 Å². The number of hydrogen-bond donors (Lipinski definition) is 1. The molecule has 2 atom stereocenters. The van der Waals surface area contributed by atoms with Crippen molar-refractivity contribution in [1.29, 1.82) is 5.26 Å². The zero-order valence-electron chi connectivity index (χ0n) is 7.80. The normalized spacial score (nSPS) is 27.1. The first-order valence-corrected chi connectivity index (χ1v) is 4.79. The molecule has 1 aromatic rings. The molecular weight excluding hydrogens is 180 g/mol. The summed E-state index contributed by atoms with van der Waals surface area (Å²) >= 11 is 0. The number of aliphatic hydroxyl groups excluding tert-OH is 1. The number of aromatic nitrogens is 3. The number of aliphatic hydroxyl groups is 1. The van der Waals surface area contributed by atoms with E-state index in [1.807, 2.05) is 6.07 Å². The van der Waals surface area contributed by atoms with Crippen molar-refractivity contribution in [2.45, 2.75) is 37.8 Å². The minimum Gasteiger partial charge on any atom is -0.393 e. The van der Waals surface area contributed by atoms with Crippen molar-refractivity contribution in [3.05, 3.63) is 11.9 Å². The van der Waals surface area contributed by atoms with Crippen LogP contribution in [0.15, 0.2) is 6.20 Å². The third kappa shape index (κ3) is 1.75. The second kappa shape index (κ2) is 3.76. The van der Waals surface area contributed by atoms with Gasteiger partial charge in [0.2, 0.25) is 0 Å². The quantitative estimate of drug-likeness (QED) is 0.708. The van der Waals surface area contributed by atoms with E-state index in [4.69, 9.17) is 5.26 Å². The van der Waals surface area contributed by atoms with Crippen LogP contribution in [-0.4, -0.2) is 26.2 Å². The molecule has 74 valence electrons. The molecule has 1 aliphatic carbocycles. The van der Waals surface area contributed by atoms with Crippen LogP contribution in [0.2, 0.25) is 0 Å². The molecular formula is C9H12N4O. The van der Waals surface area contributed by atoms with Gasteiger partial charge in [-0.25, -0.2) is 4.68 Å². The number of rotatable bonds is 1. The highest BCUT2D eigenvalue weighted by molar-refractivity contribution is 5.13. The average molecular weight is 192 g/mol. The summed E-state index contributed by atoms with van der Waals surface area (Å²) in [4.78, 5) is 0. The predicted molar refractivity (Wildman–Crippen MR) is 48.2 cm³/mol. The van der Waals surface area contributed by atoms with Gasteiger partial charge in [0.15, 0.2) is 5.69 Å². The molecule has 0 amide bonds. The van der Waals surface area contributed by atoms with Crippen LogP contribution in [0, 0.1) is 11.3 Å². The summed E-state index contributed by atoms with van der Waals surface area (Å²) in [6, 6.07) is 2.14. The highest BCUT2D eigenvalue weighted by Crippen LogP contribution is 2.27. The fourth-order valence-corrected chi connectivity index (χ4v) is 1.89. The lowest BCUT2D eigenvalue weighted by atomic mass is 9.93. The van der Waals surface area contributed by atoms with Crippen LogP contribution in [0.1, 0.15) is 37.4 Å². The Hall–Kier alpha value is -1.41. The van der Waals surface area contributed by atoms with E-state index < -0.39 is 0 Å². The van der Waals surface area contributed by atoms with E-state index in [0.717, 1.165) is 19.3 Å². The van der Waals surface area contributed by atoms with E-state index in [1.165, 1.54) is 0 Å². The van der Waals surface area contributed by atoms with Crippen molar-refractivity contribution >= 4 is 0 Å². The van der Waals surface area contributed by atoms with Crippen molar-refractivity contribution in [3.8, 4) is 6.07 Å². The summed E-state index contributed by atoms with van der Waals surface area (Å²) in [6.45, 7) is 0. The molecule has 0 bridgehead atoms. The smallest absolute Gasteiger partial charge is 0.182 e. The fraction of sp³-hybridized carbons (Fsp3) is 0.667. The molecule has 1 aromatic heterocycles. The first-order valence-electron chi connectivity index (χ1n) is 4.79. The van der Waals surface area contributed by atoms with Gasteiger partial charge >= 0.3 is 0 Å². The zero-order valence-corrected chi connectivity index (χ0v) is 7.80. The first-order chi connectivity index (χ1) is 6.79. The molecule has 1 fully saturated rings. The highest BCUT2D eigenvalue weighted by Gasteiger charge is 2.22. The van der Waals surface area contributed by atoms with Crippen LogP contribution < -0.4 is 0 Å². The van der Waals surface area contributed by atoms with Gasteiger partial charge in [-0.1, -0.05) is 5.21 Å². The Morgan fingerprint density at radius 2 is 2.43 bits per heavy atom. The molecule has 1 heterocycles. The monoisotopic (exact) mass is 192 g/mol. The van der Waals surface area contributed by atoms with Crippen molar-refractivity contribution in [1.82, 2.24) is 15.0 Å². The Labute approximate surface area is 82.0 Å². The van der Waals surface area contributed by atoms with Crippen molar-refractivity contribution < 1.29 is 5.11 Å². The first kappa shape index (κ1) is 9.16. The largest absolute Gasteiger partial charge is 0.393 e. The van der Waals surface area contributed by atoms with Crippen molar-refractivity contribution in [3.63, 3.8) is 0 Å². The van der Waals surface area contributed by atoms with Crippen LogP contribution in [0.4, 0.5) is 0 Å². The second-order valence-electron chi connectivity index (χ2n) is 3.67. The summed E-state index contributed by atoms with van der Waals surface area (Å²) in [6.07, 6.45) is 5.01. The van der Waals surface area contributed by atoms with E-state index in [0.29, 0.717) is 12.1 Å². The van der Waals surface area contributed by atoms with Gasteiger partial charge in [0, 0.05) is 0 Å². The van der Waals surface area contributed by atoms with E-state index in [-0.39, 0.29) is 12.1 Å². The van der Waals surface area contributed by atoms with E-state index in [9.17, 15) is 5.11 Å². The van der Waals surface area contributed by atoms with Gasteiger partial charge in [-0.3, -0.25) is 0 Å². The van der Waals surface area contributed by atoms with Crippen molar-refractivity contribution in [2.24, 2.45) is 0 Å². The number of nitriles is 1. The van der Waals surface area contributed by atoms with Gasteiger partial charge in [-0.2, -0.15) is 5.26 Å². The van der Waals surface area contributed by atoms with Gasteiger partial charge < -0.3 is 5.11 Å². The number of nitrogens with zero attached hydrogens (tertiary/aromatic N) is 4. The molecule has 5 nitrogen and oxygen atoms in total. The van der Waals surface area contributed by atoms with Gasteiger partial charge in [-0.05, 0) is 25.7 Å².